The molecule has 0 aliphatic carbocycles. The van der Waals surface area contributed by atoms with Crippen molar-refractivity contribution in [2.75, 3.05) is 14.2 Å². The summed E-state index contributed by atoms with van der Waals surface area (Å²) in [4.78, 5) is 2.47. The summed E-state index contributed by atoms with van der Waals surface area (Å²) < 4.78 is 45.9. The molecule has 1 aliphatic rings. The summed E-state index contributed by atoms with van der Waals surface area (Å²) >= 11 is 3.51. The predicted octanol–water partition coefficient (Wildman–Crippen LogP) is 1.99. The fraction of sp³-hybridized carbons (Fsp3) is 0.136. The van der Waals surface area contributed by atoms with E-state index in [4.69, 9.17) is 28.1 Å². The molecule has 0 amide bonds. The van der Waals surface area contributed by atoms with Crippen LogP contribution in [0, 0.1) is 10.2 Å². The van der Waals surface area contributed by atoms with E-state index in [1.54, 1.807) is 37.3 Å². The van der Waals surface area contributed by atoms with E-state index in [1.807, 2.05) is 12.1 Å². The smallest absolute Gasteiger partial charge is 0.242 e. The number of thioether (sulfide) groups is 1. The van der Waals surface area contributed by atoms with Crippen molar-refractivity contribution in [3.05, 3.63) is 70.0 Å². The zero-order valence-corrected chi connectivity index (χ0v) is 19.3. The molecule has 31 heavy (non-hydrogen) atoms. The Morgan fingerprint density at radius 2 is 1.58 bits per heavy atom. The van der Waals surface area contributed by atoms with Gasteiger partial charge in [-0.3, -0.25) is 0 Å². The average Bonchev–Trinajstić information content (AvgIpc) is 2.72. The van der Waals surface area contributed by atoms with E-state index in [2.05, 4.69) is 54.8 Å². The minimum absolute atomic E-state index is 0.891. The zero-order valence-electron chi connectivity index (χ0n) is 16.9. The van der Waals surface area contributed by atoms with E-state index in [9.17, 15) is 0 Å². The molecule has 0 saturated heterocycles. The van der Waals surface area contributed by atoms with E-state index in [-0.39, 0.29) is 0 Å². The molecule has 0 N–H and O–H groups in total. The lowest BCUT2D eigenvalue weighted by Gasteiger charge is -2.17. The molecule has 2 heterocycles. The average molecular weight is 479 g/mol. The highest BCUT2D eigenvalue weighted by Crippen LogP contribution is 2.42. The third kappa shape index (κ3) is 6.41. The van der Waals surface area contributed by atoms with E-state index in [1.165, 1.54) is 36.6 Å². The van der Waals surface area contributed by atoms with Crippen LogP contribution < -0.4 is 28.1 Å². The Labute approximate surface area is 190 Å². The predicted molar refractivity (Wildman–Crippen MR) is 113 cm³/mol. The molecule has 0 fully saturated rings. The van der Waals surface area contributed by atoms with Gasteiger partial charge in [-0.15, -0.1) is 10.2 Å². The molecular formula is C22H19ClO6S2. The normalized spacial score (nSPS) is 14.4. The van der Waals surface area contributed by atoms with Gasteiger partial charge >= 0.3 is 0 Å². The first-order valence-corrected chi connectivity index (χ1v) is 11.9. The Bertz CT molecular complexity index is 1150. The lowest BCUT2D eigenvalue weighted by atomic mass is 10.1. The van der Waals surface area contributed by atoms with Gasteiger partial charge in [0.2, 0.25) is 16.0 Å². The maximum atomic E-state index is 8.49. The van der Waals surface area contributed by atoms with Crippen molar-refractivity contribution < 1.29 is 38.4 Å². The van der Waals surface area contributed by atoms with Crippen molar-refractivity contribution in [1.82, 2.24) is 0 Å². The van der Waals surface area contributed by atoms with E-state index >= 15 is 0 Å². The third-order valence-electron chi connectivity index (χ3n) is 4.44. The third-order valence-corrected chi connectivity index (χ3v) is 6.33. The van der Waals surface area contributed by atoms with Crippen molar-refractivity contribution in [2.45, 2.75) is 11.8 Å². The summed E-state index contributed by atoms with van der Waals surface area (Å²) in [7, 11) is -1.53. The fourth-order valence-corrected chi connectivity index (χ4v) is 5.12. The molecule has 6 nitrogen and oxygen atoms in total. The fourth-order valence-electron chi connectivity index (χ4n) is 3.07. The standard InChI is InChI=1S/C22H19O2S2.ClHO4/c1-14-10-18(26-22-13-17(24-3)4-6-19(14)22)11-15-8-9-25-21-12-16(23-2)5-7-20(15)21;2-1(3,4)5/h4-13H,1-3H3;(H,2,3,4,5)/q+1;/p-1. The minimum Gasteiger partial charge on any atom is -0.497 e. The Morgan fingerprint density at radius 1 is 0.935 bits per heavy atom. The van der Waals surface area contributed by atoms with Crippen LogP contribution in [0.3, 0.4) is 0 Å². The lowest BCUT2D eigenvalue weighted by Crippen LogP contribution is -2.68. The summed E-state index contributed by atoms with van der Waals surface area (Å²) in [5.41, 5.74) is 3.77. The quantitative estimate of drug-likeness (QED) is 0.529. The summed E-state index contributed by atoms with van der Waals surface area (Å²) in [5, 5.41) is 3.38. The molecule has 2 aromatic carbocycles. The number of ether oxygens (including phenoxy) is 2. The maximum absolute atomic E-state index is 8.49. The van der Waals surface area contributed by atoms with Crippen LogP contribution in [0.2, 0.25) is 0 Å². The Kier molecular flexibility index (Phi) is 7.55. The number of fused-ring (bicyclic) bond motifs is 2. The first-order chi connectivity index (χ1) is 14.7. The summed E-state index contributed by atoms with van der Waals surface area (Å²) in [6, 6.07) is 14.7. The molecule has 162 valence electrons. The van der Waals surface area contributed by atoms with Crippen LogP contribution in [0.5, 0.6) is 11.5 Å². The van der Waals surface area contributed by atoms with Crippen LogP contribution in [0.4, 0.5) is 0 Å². The second-order valence-electron chi connectivity index (χ2n) is 6.45. The van der Waals surface area contributed by atoms with Gasteiger partial charge < -0.3 is 9.47 Å². The van der Waals surface area contributed by atoms with Gasteiger partial charge in [0, 0.05) is 27.3 Å². The highest BCUT2D eigenvalue weighted by molar-refractivity contribution is 8.03. The highest BCUT2D eigenvalue weighted by Gasteiger charge is 2.16. The zero-order chi connectivity index (χ0) is 22.6. The molecule has 0 spiro atoms. The molecule has 0 unspecified atom stereocenters. The molecule has 3 aromatic rings. The van der Waals surface area contributed by atoms with Crippen LogP contribution >= 0.6 is 23.1 Å². The van der Waals surface area contributed by atoms with Crippen LogP contribution in [-0.2, 0) is 0 Å². The topological polar surface area (TPSA) is 111 Å². The maximum Gasteiger partial charge on any atom is 0.242 e. The van der Waals surface area contributed by atoms with Crippen LogP contribution in [-0.4, -0.2) is 14.2 Å². The number of allylic oxidation sites excluding steroid dienone is 2. The van der Waals surface area contributed by atoms with E-state index in [0.29, 0.717) is 0 Å². The second kappa shape index (κ2) is 9.97. The number of hydrogen-bond donors (Lipinski definition) is 0. The van der Waals surface area contributed by atoms with E-state index in [0.717, 1.165) is 11.5 Å². The Balaban J connectivity index is 0.000000491. The molecule has 1 aromatic heterocycles. The van der Waals surface area contributed by atoms with Crippen molar-refractivity contribution in [2.24, 2.45) is 0 Å². The molecule has 0 radical (unpaired) electrons. The van der Waals surface area contributed by atoms with Gasteiger partial charge in [0.05, 0.1) is 14.2 Å². The summed E-state index contributed by atoms with van der Waals surface area (Å²) in [6.07, 6.45) is 4.52. The number of hydrogen-bond acceptors (Lipinski definition) is 7. The SMILES string of the molecule is COc1ccc2c(c1)S/C(=C\c1cc[s+]c3cc(OC)ccc13)C=C2C.[O-][Cl+3]([O-])([O-])[O-]. The number of methoxy groups -OCH3 is 2. The van der Waals surface area contributed by atoms with Gasteiger partial charge in [0.15, 0.2) is 5.38 Å². The van der Waals surface area contributed by atoms with Gasteiger partial charge in [0.1, 0.15) is 11.5 Å². The summed E-state index contributed by atoms with van der Waals surface area (Å²) in [5.74, 6) is 1.78. The minimum atomic E-state index is -4.94. The molecule has 9 heteroatoms. The summed E-state index contributed by atoms with van der Waals surface area (Å²) in [6.45, 7) is 2.16. The Hall–Kier alpha value is -2.17. The Morgan fingerprint density at radius 3 is 2.26 bits per heavy atom. The largest absolute Gasteiger partial charge is 0.497 e. The number of rotatable bonds is 3. The van der Waals surface area contributed by atoms with Crippen molar-refractivity contribution >= 4 is 44.8 Å². The van der Waals surface area contributed by atoms with Crippen LogP contribution in [0.25, 0.3) is 21.7 Å². The van der Waals surface area contributed by atoms with Crippen LogP contribution in [0.1, 0.15) is 18.1 Å². The number of halogens is 1. The molecule has 0 atom stereocenters. The lowest BCUT2D eigenvalue weighted by molar-refractivity contribution is -2.00. The molecule has 0 saturated carbocycles. The molecular weight excluding hydrogens is 460 g/mol. The van der Waals surface area contributed by atoms with Gasteiger partial charge in [-0.2, -0.15) is 0 Å². The van der Waals surface area contributed by atoms with Crippen molar-refractivity contribution in [3.8, 4) is 11.5 Å². The van der Waals surface area contributed by atoms with Gasteiger partial charge in [0.25, 0.3) is 0 Å². The van der Waals surface area contributed by atoms with Crippen molar-refractivity contribution in [3.63, 3.8) is 0 Å². The van der Waals surface area contributed by atoms with Gasteiger partial charge in [-0.25, -0.2) is 18.6 Å². The molecule has 0 bridgehead atoms. The van der Waals surface area contributed by atoms with Gasteiger partial charge in [-0.1, -0.05) is 11.8 Å². The number of benzene rings is 2. The van der Waals surface area contributed by atoms with Crippen LogP contribution in [0.15, 0.2) is 63.7 Å². The van der Waals surface area contributed by atoms with Crippen molar-refractivity contribution in [1.29, 1.82) is 0 Å². The first-order valence-electron chi connectivity index (χ1n) is 8.94. The molecule has 4 rings (SSSR count). The van der Waals surface area contributed by atoms with Gasteiger partial charge in [-0.05, 0) is 66.1 Å². The van der Waals surface area contributed by atoms with E-state index < -0.39 is 10.2 Å². The molecule has 1 aliphatic heterocycles. The highest BCUT2D eigenvalue weighted by atomic mass is 35.7. The first kappa shape index (κ1) is 23.5. The second-order valence-corrected chi connectivity index (χ2v) is 9.27. The monoisotopic (exact) mass is 478 g/mol.